The first-order chi connectivity index (χ1) is 10.1. The lowest BCUT2D eigenvalue weighted by atomic mass is 9.94. The molecule has 0 bridgehead atoms. The predicted molar refractivity (Wildman–Crippen MR) is 81.9 cm³/mol. The molecule has 1 fully saturated rings. The Morgan fingerprint density at radius 1 is 1.48 bits per heavy atom. The van der Waals surface area contributed by atoms with Gasteiger partial charge in [0.15, 0.2) is 0 Å². The second-order valence-corrected chi connectivity index (χ2v) is 5.95. The van der Waals surface area contributed by atoms with Gasteiger partial charge in [0.25, 0.3) is 0 Å². The highest BCUT2D eigenvalue weighted by Crippen LogP contribution is 2.28. The molecule has 0 spiro atoms. The van der Waals surface area contributed by atoms with Crippen molar-refractivity contribution in [2.24, 2.45) is 0 Å². The Kier molecular flexibility index (Phi) is 3.77. The normalized spacial score (nSPS) is 18.8. The summed E-state index contributed by atoms with van der Waals surface area (Å²) >= 11 is 3.31. The van der Waals surface area contributed by atoms with Crippen LogP contribution in [0, 0.1) is 0 Å². The molecule has 3 heterocycles. The molecule has 3 N–H and O–H groups in total. The van der Waals surface area contributed by atoms with Gasteiger partial charge in [-0.3, -0.25) is 4.79 Å². The number of hydrogen-bond acceptors (Lipinski definition) is 4. The number of pyridine rings is 2. The number of aromatic amines is 1. The van der Waals surface area contributed by atoms with Crippen molar-refractivity contribution in [1.82, 2.24) is 15.3 Å². The van der Waals surface area contributed by atoms with Crippen molar-refractivity contribution >= 4 is 32.8 Å². The number of hydrogen-bond donors (Lipinski definition) is 3. The minimum absolute atomic E-state index is 0.213. The predicted octanol–water partition coefficient (Wildman–Crippen LogP) is 1.85. The molecule has 110 valence electrons. The molecule has 0 amide bonds. The number of nitrogens with zero attached hydrogens (tertiary/aromatic N) is 1. The highest BCUT2D eigenvalue weighted by molar-refractivity contribution is 9.10. The molecule has 2 aromatic rings. The van der Waals surface area contributed by atoms with Crippen molar-refractivity contribution in [2.75, 3.05) is 13.1 Å². The third-order valence-electron chi connectivity index (χ3n) is 3.78. The van der Waals surface area contributed by atoms with Gasteiger partial charge in [-0.1, -0.05) is 0 Å². The third-order valence-corrected chi connectivity index (χ3v) is 4.19. The van der Waals surface area contributed by atoms with Crippen molar-refractivity contribution < 1.29 is 9.90 Å². The maximum Gasteiger partial charge on any atom is 0.341 e. The zero-order chi connectivity index (χ0) is 15.0. The van der Waals surface area contributed by atoms with Crippen LogP contribution in [0.5, 0.6) is 0 Å². The quantitative estimate of drug-likeness (QED) is 0.717. The van der Waals surface area contributed by atoms with Crippen LogP contribution in [-0.2, 0) is 0 Å². The van der Waals surface area contributed by atoms with Gasteiger partial charge in [-0.2, -0.15) is 0 Å². The molecule has 1 unspecified atom stereocenters. The van der Waals surface area contributed by atoms with Crippen molar-refractivity contribution in [2.45, 2.75) is 18.8 Å². The zero-order valence-corrected chi connectivity index (χ0v) is 12.7. The van der Waals surface area contributed by atoms with Gasteiger partial charge in [0.1, 0.15) is 10.2 Å². The SMILES string of the molecule is O=C(O)c1c[nH]c2c(C3CCCNC3)nc(Br)cc2c1=O. The van der Waals surface area contributed by atoms with E-state index in [4.69, 9.17) is 5.11 Å². The molecule has 0 saturated carbocycles. The topological polar surface area (TPSA) is 95.1 Å². The average molecular weight is 352 g/mol. The lowest BCUT2D eigenvalue weighted by Crippen LogP contribution is -2.29. The molecule has 2 aromatic heterocycles. The fraction of sp³-hybridized carbons (Fsp3) is 0.357. The number of rotatable bonds is 2. The minimum Gasteiger partial charge on any atom is -0.477 e. The van der Waals surface area contributed by atoms with E-state index in [9.17, 15) is 9.59 Å². The maximum absolute atomic E-state index is 12.3. The Bertz CT molecular complexity index is 766. The molecule has 3 rings (SSSR count). The van der Waals surface area contributed by atoms with E-state index in [0.29, 0.717) is 15.5 Å². The Labute approximate surface area is 128 Å². The number of carboxylic acids is 1. The van der Waals surface area contributed by atoms with Crippen molar-refractivity contribution in [3.63, 3.8) is 0 Å². The smallest absolute Gasteiger partial charge is 0.341 e. The van der Waals surface area contributed by atoms with E-state index in [2.05, 4.69) is 31.2 Å². The Morgan fingerprint density at radius 3 is 2.95 bits per heavy atom. The molecule has 0 aliphatic carbocycles. The van der Waals surface area contributed by atoms with Crippen molar-refractivity contribution in [3.05, 3.63) is 38.3 Å². The number of nitrogens with one attached hydrogen (secondary N) is 2. The van der Waals surface area contributed by atoms with E-state index in [1.165, 1.54) is 6.20 Å². The molecular formula is C14H14BrN3O3. The fourth-order valence-corrected chi connectivity index (χ4v) is 3.18. The van der Waals surface area contributed by atoms with Crippen LogP contribution >= 0.6 is 15.9 Å². The molecule has 7 heteroatoms. The maximum atomic E-state index is 12.3. The minimum atomic E-state index is -1.23. The fourth-order valence-electron chi connectivity index (χ4n) is 2.76. The summed E-state index contributed by atoms with van der Waals surface area (Å²) in [5.41, 5.74) is 0.695. The summed E-state index contributed by atoms with van der Waals surface area (Å²) in [6, 6.07) is 1.57. The number of carbonyl (C=O) groups is 1. The van der Waals surface area contributed by atoms with Crippen LogP contribution in [0.1, 0.15) is 34.8 Å². The van der Waals surface area contributed by atoms with Gasteiger partial charge in [0.2, 0.25) is 5.43 Å². The van der Waals surface area contributed by atoms with Crippen LogP contribution in [0.25, 0.3) is 10.9 Å². The number of piperidine rings is 1. The van der Waals surface area contributed by atoms with Crippen LogP contribution in [0.4, 0.5) is 0 Å². The molecule has 1 aliphatic heterocycles. The lowest BCUT2D eigenvalue weighted by molar-refractivity contribution is 0.0695. The molecule has 6 nitrogen and oxygen atoms in total. The zero-order valence-electron chi connectivity index (χ0n) is 11.1. The van der Waals surface area contributed by atoms with Crippen LogP contribution < -0.4 is 10.7 Å². The second kappa shape index (κ2) is 5.57. The first kappa shape index (κ1) is 14.2. The molecule has 0 aromatic carbocycles. The molecule has 1 saturated heterocycles. The van der Waals surface area contributed by atoms with E-state index >= 15 is 0 Å². The molecule has 21 heavy (non-hydrogen) atoms. The van der Waals surface area contributed by atoms with Crippen molar-refractivity contribution in [3.8, 4) is 0 Å². The van der Waals surface area contributed by atoms with Crippen LogP contribution in [0.15, 0.2) is 21.7 Å². The number of aromatic nitrogens is 2. The first-order valence-electron chi connectivity index (χ1n) is 6.74. The number of H-pyrrole nitrogens is 1. The van der Waals surface area contributed by atoms with Crippen molar-refractivity contribution in [1.29, 1.82) is 0 Å². The average Bonchev–Trinajstić information content (AvgIpc) is 2.48. The highest BCUT2D eigenvalue weighted by Gasteiger charge is 2.22. The largest absolute Gasteiger partial charge is 0.477 e. The van der Waals surface area contributed by atoms with E-state index in [0.717, 1.165) is 31.6 Å². The highest BCUT2D eigenvalue weighted by atomic mass is 79.9. The van der Waals surface area contributed by atoms with Gasteiger partial charge in [0.05, 0.1) is 16.6 Å². The lowest BCUT2D eigenvalue weighted by Gasteiger charge is -2.23. The molecule has 1 atom stereocenters. The second-order valence-electron chi connectivity index (χ2n) is 5.13. The van der Waals surface area contributed by atoms with E-state index in [1.54, 1.807) is 6.07 Å². The van der Waals surface area contributed by atoms with Crippen LogP contribution in [0.3, 0.4) is 0 Å². The number of carboxylic acid groups (broad SMARTS) is 1. The van der Waals surface area contributed by atoms with E-state index in [1.807, 2.05) is 0 Å². The Morgan fingerprint density at radius 2 is 2.29 bits per heavy atom. The summed E-state index contributed by atoms with van der Waals surface area (Å²) < 4.78 is 0.545. The van der Waals surface area contributed by atoms with E-state index in [-0.39, 0.29) is 11.5 Å². The molecule has 1 aliphatic rings. The number of aromatic carboxylic acids is 1. The summed E-state index contributed by atoms with van der Waals surface area (Å²) in [5, 5.41) is 12.7. The van der Waals surface area contributed by atoms with Crippen LogP contribution in [0.2, 0.25) is 0 Å². The third kappa shape index (κ3) is 2.58. The Hall–Kier alpha value is -1.73. The van der Waals surface area contributed by atoms with Gasteiger partial charge in [-0.15, -0.1) is 0 Å². The van der Waals surface area contributed by atoms with Gasteiger partial charge in [0, 0.05) is 18.7 Å². The van der Waals surface area contributed by atoms with E-state index < -0.39 is 11.4 Å². The standard InChI is InChI=1S/C14H14BrN3O3/c15-10-4-8-12(17-6-9(13(8)19)14(20)21)11(18-10)7-2-1-3-16-5-7/h4,6-7,16H,1-3,5H2,(H,17,19)(H,20,21). The monoisotopic (exact) mass is 351 g/mol. The summed E-state index contributed by atoms with van der Waals surface area (Å²) in [6.07, 6.45) is 3.30. The summed E-state index contributed by atoms with van der Waals surface area (Å²) in [4.78, 5) is 30.8. The van der Waals surface area contributed by atoms with Gasteiger partial charge >= 0.3 is 5.97 Å². The Balaban J connectivity index is 2.24. The van der Waals surface area contributed by atoms with Gasteiger partial charge in [-0.05, 0) is 41.4 Å². The number of fused-ring (bicyclic) bond motifs is 1. The van der Waals surface area contributed by atoms with Crippen LogP contribution in [-0.4, -0.2) is 34.1 Å². The first-order valence-corrected chi connectivity index (χ1v) is 7.53. The summed E-state index contributed by atoms with van der Waals surface area (Å²) in [7, 11) is 0. The molecular weight excluding hydrogens is 338 g/mol. The van der Waals surface area contributed by atoms with Gasteiger partial charge in [-0.25, -0.2) is 9.78 Å². The summed E-state index contributed by atoms with van der Waals surface area (Å²) in [6.45, 7) is 1.80. The molecule has 0 radical (unpaired) electrons. The number of halogens is 1. The van der Waals surface area contributed by atoms with Gasteiger partial charge < -0.3 is 15.4 Å². The summed E-state index contributed by atoms with van der Waals surface area (Å²) in [5.74, 6) is -1.02.